The molecule has 3 amide bonds. The molecule has 2 aliphatic rings. The van der Waals surface area contributed by atoms with Crippen molar-refractivity contribution in [3.05, 3.63) is 65.7 Å². The van der Waals surface area contributed by atoms with Crippen LogP contribution in [0.4, 0.5) is 5.69 Å². The first-order chi connectivity index (χ1) is 16.1. The number of carbonyl (C=O) groups excluding carboxylic acids is 3. The summed E-state index contributed by atoms with van der Waals surface area (Å²) in [6.07, 6.45) is 8.67. The van der Waals surface area contributed by atoms with Crippen molar-refractivity contribution in [2.75, 3.05) is 18.4 Å². The molecule has 0 radical (unpaired) electrons. The smallest absolute Gasteiger partial charge is 0.255 e. The number of amides is 3. The SMILES string of the molecule is O=C(Nc1ccc(C(=O)N2CCC[C@@H](C(=O)NC3CCCCCC3)C2)cc1)c1ccccc1. The second-order valence-electron chi connectivity index (χ2n) is 9.18. The van der Waals surface area contributed by atoms with E-state index in [1.807, 2.05) is 18.2 Å². The Morgan fingerprint density at radius 2 is 1.45 bits per heavy atom. The fourth-order valence-electron chi connectivity index (χ4n) is 4.79. The number of nitrogens with zero attached hydrogens (tertiary/aromatic N) is 1. The van der Waals surface area contributed by atoms with Crippen molar-refractivity contribution in [2.45, 2.75) is 57.4 Å². The van der Waals surface area contributed by atoms with E-state index in [2.05, 4.69) is 10.6 Å². The maximum atomic E-state index is 13.1. The zero-order valence-corrected chi connectivity index (χ0v) is 19.1. The first-order valence-electron chi connectivity index (χ1n) is 12.2. The molecule has 1 saturated heterocycles. The van der Waals surface area contributed by atoms with Gasteiger partial charge in [-0.05, 0) is 62.1 Å². The van der Waals surface area contributed by atoms with Gasteiger partial charge in [-0.1, -0.05) is 43.9 Å². The first-order valence-corrected chi connectivity index (χ1v) is 12.2. The largest absolute Gasteiger partial charge is 0.353 e. The van der Waals surface area contributed by atoms with Crippen LogP contribution in [-0.4, -0.2) is 41.8 Å². The molecule has 1 aliphatic heterocycles. The van der Waals surface area contributed by atoms with Gasteiger partial charge in [-0.25, -0.2) is 0 Å². The number of benzene rings is 2. The lowest BCUT2D eigenvalue weighted by Gasteiger charge is -2.33. The second kappa shape index (κ2) is 11.1. The van der Waals surface area contributed by atoms with E-state index in [0.717, 1.165) is 25.7 Å². The Balaban J connectivity index is 1.32. The lowest BCUT2D eigenvalue weighted by atomic mass is 9.95. The molecule has 1 atom stereocenters. The van der Waals surface area contributed by atoms with Gasteiger partial charge in [-0.3, -0.25) is 14.4 Å². The molecule has 6 nitrogen and oxygen atoms in total. The summed E-state index contributed by atoms with van der Waals surface area (Å²) >= 11 is 0. The molecule has 174 valence electrons. The third-order valence-electron chi connectivity index (χ3n) is 6.71. The number of piperidine rings is 1. The van der Waals surface area contributed by atoms with Gasteiger partial charge in [-0.2, -0.15) is 0 Å². The Bertz CT molecular complexity index is 950. The molecule has 1 heterocycles. The van der Waals surface area contributed by atoms with Crippen molar-refractivity contribution in [3.63, 3.8) is 0 Å². The Kier molecular flexibility index (Phi) is 7.76. The summed E-state index contributed by atoms with van der Waals surface area (Å²) in [6.45, 7) is 1.13. The van der Waals surface area contributed by atoms with Crippen molar-refractivity contribution in [2.24, 2.45) is 5.92 Å². The Labute approximate surface area is 195 Å². The van der Waals surface area contributed by atoms with E-state index in [-0.39, 0.29) is 29.7 Å². The molecule has 0 unspecified atom stereocenters. The summed E-state index contributed by atoms with van der Waals surface area (Å²) in [7, 11) is 0. The molecule has 0 aromatic heterocycles. The summed E-state index contributed by atoms with van der Waals surface area (Å²) in [4.78, 5) is 40.0. The van der Waals surface area contributed by atoms with Gasteiger partial charge in [0.25, 0.3) is 11.8 Å². The number of hydrogen-bond acceptors (Lipinski definition) is 3. The summed E-state index contributed by atoms with van der Waals surface area (Å²) in [6, 6.07) is 16.3. The van der Waals surface area contributed by atoms with Crippen LogP contribution in [0.2, 0.25) is 0 Å². The molecule has 0 spiro atoms. The van der Waals surface area contributed by atoms with Gasteiger partial charge in [0, 0.05) is 35.9 Å². The van der Waals surface area contributed by atoms with E-state index >= 15 is 0 Å². The highest BCUT2D eigenvalue weighted by atomic mass is 16.2. The van der Waals surface area contributed by atoms with E-state index in [1.165, 1.54) is 25.7 Å². The van der Waals surface area contributed by atoms with Crippen LogP contribution in [0.1, 0.15) is 72.1 Å². The second-order valence-corrected chi connectivity index (χ2v) is 9.18. The van der Waals surface area contributed by atoms with Crippen LogP contribution < -0.4 is 10.6 Å². The highest BCUT2D eigenvalue weighted by molar-refractivity contribution is 6.04. The van der Waals surface area contributed by atoms with Crippen molar-refractivity contribution in [1.82, 2.24) is 10.2 Å². The molecule has 2 aromatic rings. The monoisotopic (exact) mass is 447 g/mol. The summed E-state index contributed by atoms with van der Waals surface area (Å²) in [5.41, 5.74) is 1.79. The molecule has 1 saturated carbocycles. The zero-order valence-electron chi connectivity index (χ0n) is 19.1. The van der Waals surface area contributed by atoms with E-state index in [4.69, 9.17) is 0 Å². The minimum absolute atomic E-state index is 0.0668. The maximum absolute atomic E-state index is 13.1. The highest BCUT2D eigenvalue weighted by Gasteiger charge is 2.30. The molecule has 33 heavy (non-hydrogen) atoms. The van der Waals surface area contributed by atoms with Crippen molar-refractivity contribution >= 4 is 23.4 Å². The third-order valence-corrected chi connectivity index (χ3v) is 6.71. The van der Waals surface area contributed by atoms with Gasteiger partial charge < -0.3 is 15.5 Å². The molecule has 1 aliphatic carbocycles. The number of rotatable bonds is 5. The lowest BCUT2D eigenvalue weighted by molar-refractivity contribution is -0.127. The number of anilines is 1. The minimum Gasteiger partial charge on any atom is -0.353 e. The maximum Gasteiger partial charge on any atom is 0.255 e. The molecule has 2 N–H and O–H groups in total. The van der Waals surface area contributed by atoms with Gasteiger partial charge in [0.2, 0.25) is 5.91 Å². The fraction of sp³-hybridized carbons (Fsp3) is 0.444. The van der Waals surface area contributed by atoms with Gasteiger partial charge in [0.05, 0.1) is 5.92 Å². The van der Waals surface area contributed by atoms with Crippen LogP contribution in [0, 0.1) is 5.92 Å². The highest BCUT2D eigenvalue weighted by Crippen LogP contribution is 2.22. The predicted octanol–water partition coefficient (Wildman–Crippen LogP) is 4.63. The average molecular weight is 448 g/mol. The van der Waals surface area contributed by atoms with Crippen LogP contribution in [0.5, 0.6) is 0 Å². The number of likely N-dealkylation sites (tertiary alicyclic amines) is 1. The zero-order chi connectivity index (χ0) is 23.0. The van der Waals surface area contributed by atoms with Crippen LogP contribution >= 0.6 is 0 Å². The van der Waals surface area contributed by atoms with Gasteiger partial charge >= 0.3 is 0 Å². The normalized spacial score (nSPS) is 19.4. The average Bonchev–Trinajstić information content (AvgIpc) is 3.13. The van der Waals surface area contributed by atoms with Crippen LogP contribution in [0.15, 0.2) is 54.6 Å². The quantitative estimate of drug-likeness (QED) is 0.656. The standard InChI is InChI=1S/C27H33N3O3/c31-25(20-9-4-3-5-10-20)29-24-16-14-21(15-17-24)27(33)30-18-8-11-22(19-30)26(32)28-23-12-6-1-2-7-13-23/h3-5,9-10,14-17,22-23H,1-2,6-8,11-13,18-19H2,(H,28,32)(H,29,31)/t22-/m1/s1. The molecular weight excluding hydrogens is 414 g/mol. The molecule has 6 heteroatoms. The Morgan fingerprint density at radius 3 is 2.15 bits per heavy atom. The fourth-order valence-corrected chi connectivity index (χ4v) is 4.79. The summed E-state index contributed by atoms with van der Waals surface area (Å²) in [5.74, 6) is -0.301. The number of hydrogen-bond donors (Lipinski definition) is 2. The first kappa shape index (κ1) is 23.0. The van der Waals surface area contributed by atoms with E-state index in [1.54, 1.807) is 41.3 Å². The summed E-state index contributed by atoms with van der Waals surface area (Å²) < 4.78 is 0. The molecule has 2 aromatic carbocycles. The topological polar surface area (TPSA) is 78.5 Å². The minimum atomic E-state index is -0.187. The van der Waals surface area contributed by atoms with E-state index in [0.29, 0.717) is 29.9 Å². The predicted molar refractivity (Wildman–Crippen MR) is 129 cm³/mol. The summed E-state index contributed by atoms with van der Waals surface area (Å²) in [5, 5.41) is 6.10. The van der Waals surface area contributed by atoms with Crippen LogP contribution in [0.3, 0.4) is 0 Å². The van der Waals surface area contributed by atoms with Gasteiger partial charge in [0.15, 0.2) is 0 Å². The van der Waals surface area contributed by atoms with Gasteiger partial charge in [-0.15, -0.1) is 0 Å². The molecule has 4 rings (SSSR count). The molecule has 2 fully saturated rings. The molecular formula is C27H33N3O3. The lowest BCUT2D eigenvalue weighted by Crippen LogP contribution is -2.47. The number of carbonyl (C=O) groups is 3. The molecule has 0 bridgehead atoms. The van der Waals surface area contributed by atoms with E-state index in [9.17, 15) is 14.4 Å². The number of nitrogens with one attached hydrogen (secondary N) is 2. The van der Waals surface area contributed by atoms with Crippen molar-refractivity contribution in [1.29, 1.82) is 0 Å². The van der Waals surface area contributed by atoms with E-state index < -0.39 is 0 Å². The van der Waals surface area contributed by atoms with Gasteiger partial charge in [0.1, 0.15) is 0 Å². The Morgan fingerprint density at radius 1 is 0.758 bits per heavy atom. The van der Waals surface area contributed by atoms with Crippen molar-refractivity contribution in [3.8, 4) is 0 Å². The van der Waals surface area contributed by atoms with Crippen molar-refractivity contribution < 1.29 is 14.4 Å². The van der Waals surface area contributed by atoms with Crippen LogP contribution in [-0.2, 0) is 4.79 Å². The van der Waals surface area contributed by atoms with Crippen LogP contribution in [0.25, 0.3) is 0 Å². The third kappa shape index (κ3) is 6.21. The Hall–Kier alpha value is -3.15.